The lowest BCUT2D eigenvalue weighted by molar-refractivity contribution is 0.403. The quantitative estimate of drug-likeness (QED) is 0.647. The molecule has 0 bridgehead atoms. The third kappa shape index (κ3) is 1.87. The summed E-state index contributed by atoms with van der Waals surface area (Å²) in [6.07, 6.45) is 5.04. The first-order valence-electron chi connectivity index (χ1n) is 6.77. The standard InChI is InChI=1S/C13H21ClN4/c1-7-13(14)11(18(2)17-7)6-10(16-15)12-8-4-3-5-9(8)12/h8-10,12,16H,3-6,15H2,1-2H3. The van der Waals surface area contributed by atoms with Gasteiger partial charge in [0.05, 0.1) is 16.4 Å². The highest BCUT2D eigenvalue weighted by Gasteiger charge is 2.55. The van der Waals surface area contributed by atoms with Gasteiger partial charge in [0.1, 0.15) is 0 Å². The van der Waals surface area contributed by atoms with E-state index < -0.39 is 0 Å². The van der Waals surface area contributed by atoms with Crippen molar-refractivity contribution in [2.75, 3.05) is 0 Å². The van der Waals surface area contributed by atoms with Gasteiger partial charge in [0.2, 0.25) is 0 Å². The van der Waals surface area contributed by atoms with Crippen LogP contribution in [0.1, 0.15) is 30.7 Å². The molecule has 0 spiro atoms. The molecule has 0 aromatic carbocycles. The van der Waals surface area contributed by atoms with E-state index in [1.54, 1.807) is 0 Å². The lowest BCUT2D eigenvalue weighted by atomic mass is 10.00. The number of halogens is 1. The van der Waals surface area contributed by atoms with E-state index in [0.29, 0.717) is 6.04 Å². The Morgan fingerprint density at radius 1 is 1.50 bits per heavy atom. The first-order chi connectivity index (χ1) is 8.63. The summed E-state index contributed by atoms with van der Waals surface area (Å²) in [5, 5.41) is 5.16. The summed E-state index contributed by atoms with van der Waals surface area (Å²) in [5.41, 5.74) is 5.01. The number of aryl methyl sites for hydroxylation is 2. The molecule has 18 heavy (non-hydrogen) atoms. The average Bonchev–Trinajstić information content (AvgIpc) is 2.72. The summed E-state index contributed by atoms with van der Waals surface area (Å²) in [5.74, 6) is 8.30. The van der Waals surface area contributed by atoms with Crippen LogP contribution < -0.4 is 11.3 Å². The number of hydrogen-bond donors (Lipinski definition) is 2. The number of hydrogen-bond acceptors (Lipinski definition) is 3. The Morgan fingerprint density at radius 3 is 2.67 bits per heavy atom. The molecular weight excluding hydrogens is 248 g/mol. The Hall–Kier alpha value is -0.580. The van der Waals surface area contributed by atoms with Crippen molar-refractivity contribution in [3.05, 3.63) is 16.4 Å². The topological polar surface area (TPSA) is 55.9 Å². The Labute approximate surface area is 113 Å². The maximum Gasteiger partial charge on any atom is 0.0847 e. The summed E-state index contributed by atoms with van der Waals surface area (Å²) >= 11 is 6.31. The average molecular weight is 269 g/mol. The van der Waals surface area contributed by atoms with Crippen molar-refractivity contribution in [1.82, 2.24) is 15.2 Å². The van der Waals surface area contributed by atoms with Crippen molar-refractivity contribution >= 4 is 11.6 Å². The minimum absolute atomic E-state index is 0.340. The largest absolute Gasteiger partial charge is 0.271 e. The zero-order valence-electron chi connectivity index (χ0n) is 11.0. The molecular formula is C13H21ClN4. The van der Waals surface area contributed by atoms with Crippen LogP contribution in [0.4, 0.5) is 0 Å². The number of fused-ring (bicyclic) bond motifs is 1. The fourth-order valence-electron chi connectivity index (χ4n) is 3.89. The van der Waals surface area contributed by atoms with Crippen LogP contribution in [-0.4, -0.2) is 15.8 Å². The van der Waals surface area contributed by atoms with E-state index in [1.165, 1.54) is 19.3 Å². The minimum atomic E-state index is 0.340. The summed E-state index contributed by atoms with van der Waals surface area (Å²) in [4.78, 5) is 0. The van der Waals surface area contributed by atoms with E-state index in [2.05, 4.69) is 10.5 Å². The first kappa shape index (κ1) is 12.5. The molecule has 0 aliphatic heterocycles. The van der Waals surface area contributed by atoms with Crippen LogP contribution in [0.25, 0.3) is 0 Å². The van der Waals surface area contributed by atoms with Crippen LogP contribution >= 0.6 is 11.6 Å². The Bertz CT molecular complexity index is 446. The van der Waals surface area contributed by atoms with Gasteiger partial charge in [0.15, 0.2) is 0 Å². The van der Waals surface area contributed by atoms with Crippen molar-refractivity contribution in [2.45, 2.75) is 38.6 Å². The Balaban J connectivity index is 1.74. The van der Waals surface area contributed by atoms with Crippen LogP contribution in [0.3, 0.4) is 0 Å². The van der Waals surface area contributed by atoms with Crippen molar-refractivity contribution in [1.29, 1.82) is 0 Å². The number of nitrogens with two attached hydrogens (primary N) is 1. The number of aromatic nitrogens is 2. The third-order valence-electron chi connectivity index (χ3n) is 4.83. The van der Waals surface area contributed by atoms with Gasteiger partial charge in [-0.1, -0.05) is 18.0 Å². The van der Waals surface area contributed by atoms with Gasteiger partial charge in [0, 0.05) is 19.5 Å². The molecule has 1 aromatic heterocycles. The fourth-order valence-corrected chi connectivity index (χ4v) is 4.13. The first-order valence-corrected chi connectivity index (χ1v) is 7.15. The predicted molar refractivity (Wildman–Crippen MR) is 72.1 cm³/mol. The molecule has 5 heteroatoms. The van der Waals surface area contributed by atoms with E-state index in [0.717, 1.165) is 40.6 Å². The zero-order valence-corrected chi connectivity index (χ0v) is 11.7. The number of hydrazine groups is 1. The smallest absolute Gasteiger partial charge is 0.0847 e. The summed E-state index contributed by atoms with van der Waals surface area (Å²) in [6.45, 7) is 1.95. The lowest BCUT2D eigenvalue weighted by Crippen LogP contribution is -2.40. The molecule has 3 atom stereocenters. The molecule has 2 aliphatic rings. The molecule has 4 nitrogen and oxygen atoms in total. The molecule has 2 saturated carbocycles. The van der Waals surface area contributed by atoms with Crippen molar-refractivity contribution < 1.29 is 0 Å². The molecule has 0 saturated heterocycles. The summed E-state index contributed by atoms with van der Waals surface area (Å²) in [6, 6.07) is 0.340. The predicted octanol–water partition coefficient (Wildman–Crippen LogP) is 1.80. The summed E-state index contributed by atoms with van der Waals surface area (Å²) in [7, 11) is 1.95. The van der Waals surface area contributed by atoms with Crippen LogP contribution in [0.2, 0.25) is 5.02 Å². The normalized spacial score (nSPS) is 31.4. The third-order valence-corrected chi connectivity index (χ3v) is 5.32. The molecule has 2 fully saturated rings. The van der Waals surface area contributed by atoms with Crippen molar-refractivity contribution in [3.63, 3.8) is 0 Å². The number of nitrogens with one attached hydrogen (secondary N) is 1. The van der Waals surface area contributed by atoms with E-state index in [4.69, 9.17) is 17.4 Å². The van der Waals surface area contributed by atoms with Crippen LogP contribution in [0.15, 0.2) is 0 Å². The highest BCUT2D eigenvalue weighted by molar-refractivity contribution is 6.31. The second kappa shape index (κ2) is 4.51. The second-order valence-electron chi connectivity index (χ2n) is 5.78. The maximum atomic E-state index is 6.31. The van der Waals surface area contributed by atoms with Gasteiger partial charge in [-0.15, -0.1) is 0 Å². The van der Waals surface area contributed by atoms with Crippen LogP contribution in [-0.2, 0) is 13.5 Å². The van der Waals surface area contributed by atoms with Gasteiger partial charge in [0.25, 0.3) is 0 Å². The van der Waals surface area contributed by atoms with Gasteiger partial charge in [-0.05, 0) is 37.5 Å². The Morgan fingerprint density at radius 2 is 2.17 bits per heavy atom. The SMILES string of the molecule is Cc1nn(C)c(CC(NN)C2C3CCCC32)c1Cl. The number of nitrogens with zero attached hydrogens (tertiary/aromatic N) is 2. The van der Waals surface area contributed by atoms with Crippen molar-refractivity contribution in [2.24, 2.45) is 30.6 Å². The van der Waals surface area contributed by atoms with Crippen LogP contribution in [0, 0.1) is 24.7 Å². The van der Waals surface area contributed by atoms with Gasteiger partial charge < -0.3 is 0 Å². The van der Waals surface area contributed by atoms with Gasteiger partial charge >= 0.3 is 0 Å². The molecule has 2 aliphatic carbocycles. The molecule has 3 N–H and O–H groups in total. The number of rotatable bonds is 4. The van der Waals surface area contributed by atoms with E-state index in [1.807, 2.05) is 18.7 Å². The van der Waals surface area contributed by atoms with E-state index in [-0.39, 0.29) is 0 Å². The molecule has 0 radical (unpaired) electrons. The maximum absolute atomic E-state index is 6.31. The van der Waals surface area contributed by atoms with Gasteiger partial charge in [-0.3, -0.25) is 16.0 Å². The Kier molecular flexibility index (Phi) is 3.12. The zero-order chi connectivity index (χ0) is 12.9. The molecule has 100 valence electrons. The lowest BCUT2D eigenvalue weighted by Gasteiger charge is -2.18. The van der Waals surface area contributed by atoms with Crippen LogP contribution in [0.5, 0.6) is 0 Å². The van der Waals surface area contributed by atoms with E-state index >= 15 is 0 Å². The van der Waals surface area contributed by atoms with Gasteiger partial charge in [-0.2, -0.15) is 5.10 Å². The molecule has 1 heterocycles. The van der Waals surface area contributed by atoms with Gasteiger partial charge in [-0.25, -0.2) is 0 Å². The second-order valence-corrected chi connectivity index (χ2v) is 6.16. The summed E-state index contributed by atoms with van der Waals surface area (Å²) < 4.78 is 1.89. The minimum Gasteiger partial charge on any atom is -0.271 e. The van der Waals surface area contributed by atoms with E-state index in [9.17, 15) is 0 Å². The molecule has 1 aromatic rings. The highest BCUT2D eigenvalue weighted by atomic mass is 35.5. The molecule has 0 amide bonds. The molecule has 3 rings (SSSR count). The monoisotopic (exact) mass is 268 g/mol. The fraction of sp³-hybridized carbons (Fsp3) is 0.769. The highest BCUT2D eigenvalue weighted by Crippen LogP contribution is 2.59. The van der Waals surface area contributed by atoms with Crippen molar-refractivity contribution in [3.8, 4) is 0 Å². The molecule has 3 unspecified atom stereocenters.